The molecule has 0 N–H and O–H groups in total. The molecule has 1 saturated heterocycles. The highest BCUT2D eigenvalue weighted by molar-refractivity contribution is 14.1. The molecular weight excluding hydrogens is 347 g/mol. The fourth-order valence-corrected chi connectivity index (χ4v) is 3.53. The van der Waals surface area contributed by atoms with E-state index in [1.54, 1.807) is 0 Å². The van der Waals surface area contributed by atoms with Crippen molar-refractivity contribution in [2.45, 2.75) is 64.0 Å². The Bertz CT molecular complexity index is 286. The van der Waals surface area contributed by atoms with E-state index in [4.69, 9.17) is 9.16 Å². The average molecular weight is 370 g/mol. The molecule has 0 saturated carbocycles. The lowest BCUT2D eigenvalue weighted by Crippen LogP contribution is -2.47. The second kappa shape index (κ2) is 5.57. The summed E-state index contributed by atoms with van der Waals surface area (Å²) in [4.78, 5) is 11.5. The molecule has 0 aliphatic carbocycles. The molecule has 0 amide bonds. The summed E-state index contributed by atoms with van der Waals surface area (Å²) in [7, 11) is -1.77. The van der Waals surface area contributed by atoms with Crippen molar-refractivity contribution in [3.63, 3.8) is 0 Å². The maximum absolute atomic E-state index is 11.5. The third kappa shape index (κ3) is 4.20. The first-order valence-corrected chi connectivity index (χ1v) is 10.5. The van der Waals surface area contributed by atoms with Gasteiger partial charge in [0.2, 0.25) is 0 Å². The van der Waals surface area contributed by atoms with E-state index in [0.29, 0.717) is 6.42 Å². The normalized spacial score (nSPS) is 26.8. The number of alkyl halides is 1. The van der Waals surface area contributed by atoms with Crippen LogP contribution in [-0.2, 0) is 14.0 Å². The number of ether oxygens (including phenoxy) is 1. The van der Waals surface area contributed by atoms with Crippen LogP contribution in [0.1, 0.15) is 33.6 Å². The zero-order valence-corrected chi connectivity index (χ0v) is 14.5. The highest BCUT2D eigenvalue weighted by Crippen LogP contribution is 2.38. The quantitative estimate of drug-likeness (QED) is 0.330. The topological polar surface area (TPSA) is 35.5 Å². The number of esters is 1. The Kier molecular flexibility index (Phi) is 5.05. The van der Waals surface area contributed by atoms with Crippen molar-refractivity contribution in [3.8, 4) is 0 Å². The summed E-state index contributed by atoms with van der Waals surface area (Å²) in [5.74, 6) is -0.110. The van der Waals surface area contributed by atoms with Crippen molar-refractivity contribution in [2.75, 3.05) is 4.43 Å². The van der Waals surface area contributed by atoms with Gasteiger partial charge in [-0.25, -0.2) is 0 Å². The largest absolute Gasteiger partial charge is 0.461 e. The number of carbonyl (C=O) groups is 1. The van der Waals surface area contributed by atoms with E-state index < -0.39 is 8.32 Å². The Labute approximate surface area is 119 Å². The van der Waals surface area contributed by atoms with Crippen molar-refractivity contribution in [3.05, 3.63) is 0 Å². The van der Waals surface area contributed by atoms with Gasteiger partial charge < -0.3 is 9.16 Å². The maximum atomic E-state index is 11.5. The lowest BCUT2D eigenvalue weighted by atomic mass is 10.1. The van der Waals surface area contributed by atoms with Crippen molar-refractivity contribution in [1.82, 2.24) is 0 Å². The Morgan fingerprint density at radius 2 is 2.06 bits per heavy atom. The van der Waals surface area contributed by atoms with Crippen molar-refractivity contribution >= 4 is 36.9 Å². The minimum absolute atomic E-state index is 0.0339. The van der Waals surface area contributed by atoms with E-state index in [1.165, 1.54) is 0 Å². The van der Waals surface area contributed by atoms with Gasteiger partial charge in [-0.15, -0.1) is 0 Å². The van der Waals surface area contributed by atoms with Gasteiger partial charge in [0, 0.05) is 10.8 Å². The number of hydrogen-bond donors (Lipinski definition) is 0. The van der Waals surface area contributed by atoms with Crippen molar-refractivity contribution < 1.29 is 14.0 Å². The van der Waals surface area contributed by atoms with Crippen molar-refractivity contribution in [2.24, 2.45) is 0 Å². The van der Waals surface area contributed by atoms with Crippen LogP contribution in [0.15, 0.2) is 0 Å². The van der Waals surface area contributed by atoms with E-state index >= 15 is 0 Å². The molecule has 5 heteroatoms. The van der Waals surface area contributed by atoms with Gasteiger partial charge in [-0.2, -0.15) is 0 Å². The predicted molar refractivity (Wildman–Crippen MR) is 80.1 cm³/mol. The van der Waals surface area contributed by atoms with Gasteiger partial charge in [-0.05, 0) is 18.1 Å². The summed E-state index contributed by atoms with van der Waals surface area (Å²) < 4.78 is 12.4. The van der Waals surface area contributed by atoms with E-state index in [-0.39, 0.29) is 23.2 Å². The van der Waals surface area contributed by atoms with Gasteiger partial charge in [0.25, 0.3) is 0 Å². The van der Waals surface area contributed by atoms with Crippen LogP contribution in [0.5, 0.6) is 0 Å². The summed E-state index contributed by atoms with van der Waals surface area (Å²) in [6.07, 6.45) is 1.35. The van der Waals surface area contributed by atoms with Crippen LogP contribution in [0, 0.1) is 0 Å². The van der Waals surface area contributed by atoms with E-state index in [1.807, 2.05) is 0 Å². The van der Waals surface area contributed by atoms with Crippen LogP contribution in [0.25, 0.3) is 0 Å². The maximum Gasteiger partial charge on any atom is 0.308 e. The first-order valence-electron chi connectivity index (χ1n) is 6.09. The number of carbonyl (C=O) groups excluding carboxylic acids is 1. The molecule has 1 aliphatic rings. The van der Waals surface area contributed by atoms with Crippen LogP contribution in [0.4, 0.5) is 0 Å². The molecule has 0 radical (unpaired) electrons. The second-order valence-electron chi connectivity index (χ2n) is 6.21. The molecule has 2 atom stereocenters. The molecule has 0 aromatic rings. The van der Waals surface area contributed by atoms with Gasteiger partial charge in [0.05, 0.1) is 12.5 Å². The number of rotatable bonds is 3. The molecule has 1 heterocycles. The molecule has 100 valence electrons. The lowest BCUT2D eigenvalue weighted by Gasteiger charge is -2.41. The van der Waals surface area contributed by atoms with Gasteiger partial charge in [-0.3, -0.25) is 4.79 Å². The third-order valence-electron chi connectivity index (χ3n) is 3.66. The van der Waals surface area contributed by atoms with Gasteiger partial charge >= 0.3 is 5.97 Å². The monoisotopic (exact) mass is 370 g/mol. The third-order valence-corrected chi connectivity index (χ3v) is 9.18. The van der Waals surface area contributed by atoms with E-state index in [2.05, 4.69) is 56.5 Å². The van der Waals surface area contributed by atoms with Crippen LogP contribution in [0.3, 0.4) is 0 Å². The molecule has 1 aliphatic heterocycles. The van der Waals surface area contributed by atoms with Crippen molar-refractivity contribution in [1.29, 1.82) is 0 Å². The highest BCUT2D eigenvalue weighted by atomic mass is 127. The number of cyclic esters (lactones) is 1. The molecule has 0 unspecified atom stereocenters. The highest BCUT2D eigenvalue weighted by Gasteiger charge is 2.41. The summed E-state index contributed by atoms with van der Waals surface area (Å²) in [5, 5.41) is 0.189. The zero-order chi connectivity index (χ0) is 13.3. The Morgan fingerprint density at radius 1 is 1.47 bits per heavy atom. The van der Waals surface area contributed by atoms with Gasteiger partial charge in [0.1, 0.15) is 6.10 Å². The van der Waals surface area contributed by atoms with Crippen LogP contribution >= 0.6 is 22.6 Å². The minimum Gasteiger partial charge on any atom is -0.461 e. The van der Waals surface area contributed by atoms with E-state index in [0.717, 1.165) is 10.8 Å². The molecule has 0 bridgehead atoms. The van der Waals surface area contributed by atoms with Crippen LogP contribution in [-0.4, -0.2) is 30.9 Å². The number of hydrogen-bond acceptors (Lipinski definition) is 3. The predicted octanol–water partition coefficient (Wildman–Crippen LogP) is 3.52. The zero-order valence-electron chi connectivity index (χ0n) is 11.4. The summed E-state index contributed by atoms with van der Waals surface area (Å²) >= 11 is 2.26. The minimum atomic E-state index is -1.77. The van der Waals surface area contributed by atoms with Gasteiger partial charge in [0.15, 0.2) is 8.32 Å². The van der Waals surface area contributed by atoms with Gasteiger partial charge in [-0.1, -0.05) is 43.4 Å². The second-order valence-corrected chi connectivity index (χ2v) is 11.8. The first-order chi connectivity index (χ1) is 7.65. The smallest absolute Gasteiger partial charge is 0.308 e. The molecule has 3 nitrogen and oxygen atoms in total. The lowest BCUT2D eigenvalue weighted by molar-refractivity contribution is -0.157. The Hall–Kier alpha value is 0.377. The van der Waals surface area contributed by atoms with Crippen LogP contribution in [0.2, 0.25) is 18.1 Å². The van der Waals surface area contributed by atoms with E-state index in [9.17, 15) is 4.79 Å². The fraction of sp³-hybridized carbons (Fsp3) is 0.917. The Balaban J connectivity index is 2.65. The SMILES string of the molecule is CC(C)(C)[Si](C)(C)O[C@H]1CC(=O)O[C@@H](CI)C1. The summed E-state index contributed by atoms with van der Waals surface area (Å²) in [5.41, 5.74) is 0. The fourth-order valence-electron chi connectivity index (χ4n) is 1.62. The number of halogens is 1. The first kappa shape index (κ1) is 15.4. The molecule has 1 fully saturated rings. The standard InChI is InChI=1S/C12H23IO3Si/c1-12(2,3)17(4,5)16-9-6-10(8-13)15-11(14)7-9/h9-10H,6-8H2,1-5H3/t9-,10-/m1/s1. The molecule has 1 rings (SSSR count). The summed E-state index contributed by atoms with van der Waals surface area (Å²) in [6.45, 7) is 11.1. The van der Waals surface area contributed by atoms with Crippen LogP contribution < -0.4 is 0 Å². The molecular formula is C12H23IO3Si. The molecule has 0 aromatic carbocycles. The summed E-state index contributed by atoms with van der Waals surface area (Å²) in [6, 6.07) is 0. The molecule has 17 heavy (non-hydrogen) atoms. The Morgan fingerprint density at radius 3 is 2.53 bits per heavy atom. The average Bonchev–Trinajstić information content (AvgIpc) is 2.14. The molecule has 0 aromatic heterocycles. The molecule has 0 spiro atoms.